The molecule has 0 amide bonds. The number of aromatic nitrogens is 2. The van der Waals surface area contributed by atoms with Gasteiger partial charge < -0.3 is 4.98 Å². The molecule has 2 aromatic carbocycles. The number of halogens is 1. The summed E-state index contributed by atoms with van der Waals surface area (Å²) in [6.45, 7) is 0. The number of nitro benzene ring substituents is 1. The molecule has 25 heavy (non-hydrogen) atoms. The molecule has 1 N–H and O–H groups in total. The number of aromatic amines is 1. The average Bonchev–Trinajstić information content (AvgIpc) is 2.60. The van der Waals surface area contributed by atoms with Crippen molar-refractivity contribution in [1.29, 1.82) is 5.26 Å². The normalized spacial score (nSPS) is 11.3. The lowest BCUT2D eigenvalue weighted by Gasteiger charge is -2.03. The van der Waals surface area contributed by atoms with E-state index in [0.29, 0.717) is 21.5 Å². The van der Waals surface area contributed by atoms with Crippen LogP contribution >= 0.6 is 11.6 Å². The highest BCUT2D eigenvalue weighted by Gasteiger charge is 2.10. The highest BCUT2D eigenvalue weighted by molar-refractivity contribution is 6.31. The Morgan fingerprint density at radius 1 is 1.32 bits per heavy atom. The van der Waals surface area contributed by atoms with Gasteiger partial charge in [-0.2, -0.15) is 5.26 Å². The van der Waals surface area contributed by atoms with E-state index in [1.54, 1.807) is 18.2 Å². The Morgan fingerprint density at radius 2 is 2.12 bits per heavy atom. The molecule has 3 aromatic rings. The van der Waals surface area contributed by atoms with Crippen molar-refractivity contribution in [2.24, 2.45) is 0 Å². The van der Waals surface area contributed by atoms with Crippen molar-refractivity contribution in [1.82, 2.24) is 9.97 Å². The van der Waals surface area contributed by atoms with E-state index in [-0.39, 0.29) is 17.1 Å². The number of nitrogens with zero attached hydrogens (tertiary/aromatic N) is 3. The van der Waals surface area contributed by atoms with Crippen molar-refractivity contribution in [3.8, 4) is 6.07 Å². The minimum absolute atomic E-state index is 0.0776. The maximum Gasteiger partial charge on any atom is 0.270 e. The van der Waals surface area contributed by atoms with Gasteiger partial charge in [0, 0.05) is 17.2 Å². The monoisotopic (exact) mass is 352 g/mol. The number of benzene rings is 2. The topological polar surface area (TPSA) is 113 Å². The summed E-state index contributed by atoms with van der Waals surface area (Å²) in [4.78, 5) is 29.3. The van der Waals surface area contributed by atoms with Gasteiger partial charge in [0.25, 0.3) is 11.2 Å². The van der Waals surface area contributed by atoms with Crippen molar-refractivity contribution >= 4 is 39.8 Å². The first-order valence-corrected chi connectivity index (χ1v) is 7.42. The second-order valence-corrected chi connectivity index (χ2v) is 5.53. The first-order chi connectivity index (χ1) is 12.0. The van der Waals surface area contributed by atoms with Crippen LogP contribution in [-0.4, -0.2) is 14.9 Å². The second kappa shape index (κ2) is 6.55. The molecule has 0 atom stereocenters. The Morgan fingerprint density at radius 3 is 2.84 bits per heavy atom. The molecule has 0 saturated heterocycles. The molecule has 0 aliphatic carbocycles. The largest absolute Gasteiger partial charge is 0.305 e. The maximum atomic E-state index is 12.2. The number of hydrogen-bond acceptors (Lipinski definition) is 5. The van der Waals surface area contributed by atoms with Gasteiger partial charge in [-0.3, -0.25) is 14.9 Å². The van der Waals surface area contributed by atoms with Crippen LogP contribution in [0.4, 0.5) is 5.69 Å². The molecule has 0 saturated carbocycles. The fraction of sp³-hybridized carbons (Fsp3) is 0. The summed E-state index contributed by atoms with van der Waals surface area (Å²) < 4.78 is 0. The van der Waals surface area contributed by atoms with Crippen LogP contribution in [0.25, 0.3) is 22.6 Å². The zero-order valence-corrected chi connectivity index (χ0v) is 13.3. The Kier molecular flexibility index (Phi) is 4.29. The van der Waals surface area contributed by atoms with Gasteiger partial charge in [-0.05, 0) is 29.8 Å². The number of nitrogens with one attached hydrogen (secondary N) is 1. The number of H-pyrrole nitrogens is 1. The minimum Gasteiger partial charge on any atom is -0.305 e. The second-order valence-electron chi connectivity index (χ2n) is 5.10. The molecular formula is C17H9ClN4O3. The lowest BCUT2D eigenvalue weighted by molar-refractivity contribution is -0.384. The van der Waals surface area contributed by atoms with E-state index in [4.69, 9.17) is 11.6 Å². The van der Waals surface area contributed by atoms with Crippen LogP contribution in [0.15, 0.2) is 47.3 Å². The molecule has 0 bridgehead atoms. The van der Waals surface area contributed by atoms with Gasteiger partial charge in [0.1, 0.15) is 6.07 Å². The van der Waals surface area contributed by atoms with Crippen LogP contribution < -0.4 is 5.56 Å². The summed E-state index contributed by atoms with van der Waals surface area (Å²) in [5, 5.41) is 20.9. The van der Waals surface area contributed by atoms with E-state index in [9.17, 15) is 20.2 Å². The van der Waals surface area contributed by atoms with E-state index in [0.717, 1.165) is 0 Å². The molecule has 0 fully saturated rings. The zero-order valence-electron chi connectivity index (χ0n) is 12.6. The molecule has 1 aromatic heterocycles. The van der Waals surface area contributed by atoms with Crippen LogP contribution in [-0.2, 0) is 0 Å². The Labute approximate surface area is 146 Å². The fourth-order valence-electron chi connectivity index (χ4n) is 2.29. The number of nitriles is 1. The quantitative estimate of drug-likeness (QED) is 0.440. The summed E-state index contributed by atoms with van der Waals surface area (Å²) in [5.41, 5.74) is 0.394. The predicted octanol–water partition coefficient (Wildman–Crippen LogP) is 3.55. The van der Waals surface area contributed by atoms with E-state index < -0.39 is 10.5 Å². The third-order valence-corrected chi connectivity index (χ3v) is 3.67. The smallest absolute Gasteiger partial charge is 0.270 e. The van der Waals surface area contributed by atoms with E-state index in [1.807, 2.05) is 6.07 Å². The fourth-order valence-corrected chi connectivity index (χ4v) is 2.46. The molecule has 0 unspecified atom stereocenters. The highest BCUT2D eigenvalue weighted by Crippen LogP contribution is 2.20. The highest BCUT2D eigenvalue weighted by atomic mass is 35.5. The summed E-state index contributed by atoms with van der Waals surface area (Å²) in [5.74, 6) is 0.0776. The number of rotatable bonds is 3. The van der Waals surface area contributed by atoms with Gasteiger partial charge in [-0.15, -0.1) is 0 Å². The number of fused-ring (bicyclic) bond motifs is 1. The van der Waals surface area contributed by atoms with Gasteiger partial charge in [0.15, 0.2) is 5.82 Å². The first-order valence-electron chi connectivity index (χ1n) is 7.04. The molecule has 0 aliphatic heterocycles. The lowest BCUT2D eigenvalue weighted by atomic mass is 10.1. The standard InChI is InChI=1S/C17H9ClN4O3/c18-12-4-5-15-14(8-12)17(23)21-16(20-15)11(9-19)6-10-2-1-3-13(7-10)22(24)25/h1-8H,(H,20,21,23). The molecule has 0 spiro atoms. The number of hydrogen-bond donors (Lipinski definition) is 1. The van der Waals surface area contributed by atoms with Crippen molar-refractivity contribution in [3.05, 3.63) is 79.3 Å². The molecule has 122 valence electrons. The summed E-state index contributed by atoms with van der Waals surface area (Å²) in [7, 11) is 0. The van der Waals surface area contributed by atoms with Gasteiger partial charge in [-0.25, -0.2) is 4.98 Å². The van der Waals surface area contributed by atoms with Gasteiger partial charge in [0.05, 0.1) is 21.4 Å². The van der Waals surface area contributed by atoms with E-state index in [1.165, 1.54) is 30.3 Å². The Bertz CT molecular complexity index is 1130. The number of non-ortho nitro benzene ring substituents is 1. The van der Waals surface area contributed by atoms with Crippen LogP contribution in [0, 0.1) is 21.4 Å². The molecule has 7 nitrogen and oxygen atoms in total. The third kappa shape index (κ3) is 3.39. The molecule has 1 heterocycles. The summed E-state index contributed by atoms with van der Waals surface area (Å²) in [6.07, 6.45) is 1.42. The van der Waals surface area contributed by atoms with Crippen molar-refractivity contribution in [3.63, 3.8) is 0 Å². The van der Waals surface area contributed by atoms with Gasteiger partial charge in [0.2, 0.25) is 0 Å². The van der Waals surface area contributed by atoms with Gasteiger partial charge in [-0.1, -0.05) is 23.7 Å². The van der Waals surface area contributed by atoms with Crippen molar-refractivity contribution < 1.29 is 4.92 Å². The number of allylic oxidation sites excluding steroid dienone is 1. The van der Waals surface area contributed by atoms with Crippen molar-refractivity contribution in [2.75, 3.05) is 0 Å². The molecular weight excluding hydrogens is 344 g/mol. The van der Waals surface area contributed by atoms with Crippen LogP contribution in [0.1, 0.15) is 11.4 Å². The Balaban J connectivity index is 2.13. The summed E-state index contributed by atoms with van der Waals surface area (Å²) >= 11 is 5.87. The van der Waals surface area contributed by atoms with E-state index >= 15 is 0 Å². The zero-order chi connectivity index (χ0) is 18.0. The lowest BCUT2D eigenvalue weighted by Crippen LogP contribution is -2.11. The molecule has 8 heteroatoms. The van der Waals surface area contributed by atoms with Gasteiger partial charge >= 0.3 is 0 Å². The SMILES string of the molecule is N#CC(=Cc1cccc([N+](=O)[O-])c1)c1nc2ccc(Cl)cc2c(=O)[nH]1. The van der Waals surface area contributed by atoms with E-state index in [2.05, 4.69) is 9.97 Å². The predicted molar refractivity (Wildman–Crippen MR) is 94.0 cm³/mol. The minimum atomic E-state index is -0.525. The first kappa shape index (κ1) is 16.4. The Hall–Kier alpha value is -3.50. The summed E-state index contributed by atoms with van der Waals surface area (Å²) in [6, 6.07) is 12.4. The third-order valence-electron chi connectivity index (χ3n) is 3.44. The number of nitro groups is 1. The van der Waals surface area contributed by atoms with Crippen LogP contribution in [0.2, 0.25) is 5.02 Å². The molecule has 0 aliphatic rings. The molecule has 3 rings (SSSR count). The average molecular weight is 353 g/mol. The molecule has 0 radical (unpaired) electrons. The van der Waals surface area contributed by atoms with Crippen LogP contribution in [0.3, 0.4) is 0 Å². The van der Waals surface area contributed by atoms with Crippen LogP contribution in [0.5, 0.6) is 0 Å². The maximum absolute atomic E-state index is 12.2. The van der Waals surface area contributed by atoms with Crippen molar-refractivity contribution in [2.45, 2.75) is 0 Å².